The highest BCUT2D eigenvalue weighted by molar-refractivity contribution is 6.31. The number of nitrogens with one attached hydrogen (secondary N) is 1. The van der Waals surface area contributed by atoms with E-state index in [1.54, 1.807) is 6.07 Å². The summed E-state index contributed by atoms with van der Waals surface area (Å²) in [6.07, 6.45) is 0. The van der Waals surface area contributed by atoms with Crippen molar-refractivity contribution in [1.82, 2.24) is 5.32 Å². The molecule has 0 fully saturated rings. The zero-order valence-electron chi connectivity index (χ0n) is 11.3. The predicted octanol–water partition coefficient (Wildman–Crippen LogP) is 4.48. The van der Waals surface area contributed by atoms with Crippen LogP contribution in [0.25, 0.3) is 11.1 Å². The molecule has 2 rings (SSSR count). The molecular formula is C16H17ClFN. The SMILES string of the molecule is CNCc1cc(-c2c(C)cc(C)cc2F)ccc1Cl. The van der Waals surface area contributed by atoms with Gasteiger partial charge in [0.1, 0.15) is 5.82 Å². The van der Waals surface area contributed by atoms with Gasteiger partial charge in [-0.2, -0.15) is 0 Å². The molecule has 0 saturated carbocycles. The molecule has 19 heavy (non-hydrogen) atoms. The van der Waals surface area contributed by atoms with Crippen LogP contribution in [0.3, 0.4) is 0 Å². The number of rotatable bonds is 3. The topological polar surface area (TPSA) is 12.0 Å². The van der Waals surface area contributed by atoms with Crippen LogP contribution in [0.4, 0.5) is 4.39 Å². The first-order valence-electron chi connectivity index (χ1n) is 6.23. The minimum absolute atomic E-state index is 0.185. The number of benzene rings is 2. The number of hydrogen-bond donors (Lipinski definition) is 1. The zero-order valence-corrected chi connectivity index (χ0v) is 12.1. The van der Waals surface area contributed by atoms with Gasteiger partial charge in [-0.15, -0.1) is 0 Å². The third-order valence-electron chi connectivity index (χ3n) is 3.13. The Balaban J connectivity index is 2.56. The quantitative estimate of drug-likeness (QED) is 0.872. The Kier molecular flexibility index (Phi) is 4.23. The average Bonchev–Trinajstić information content (AvgIpc) is 2.32. The molecule has 1 N–H and O–H groups in total. The van der Waals surface area contributed by atoms with Gasteiger partial charge in [-0.1, -0.05) is 23.7 Å². The molecule has 0 spiro atoms. The normalized spacial score (nSPS) is 10.8. The molecule has 3 heteroatoms. The van der Waals surface area contributed by atoms with E-state index in [9.17, 15) is 4.39 Å². The van der Waals surface area contributed by atoms with Gasteiger partial charge in [-0.05, 0) is 61.3 Å². The molecule has 0 bridgehead atoms. The van der Waals surface area contributed by atoms with Crippen LogP contribution in [0, 0.1) is 19.7 Å². The first kappa shape index (κ1) is 14.0. The van der Waals surface area contributed by atoms with Crippen LogP contribution >= 0.6 is 11.6 Å². The third kappa shape index (κ3) is 2.96. The van der Waals surface area contributed by atoms with Crippen molar-refractivity contribution in [2.24, 2.45) is 0 Å². The summed E-state index contributed by atoms with van der Waals surface area (Å²) in [5.41, 5.74) is 4.36. The van der Waals surface area contributed by atoms with E-state index < -0.39 is 0 Å². The molecule has 0 atom stereocenters. The number of halogens is 2. The fourth-order valence-electron chi connectivity index (χ4n) is 2.34. The molecule has 1 nitrogen and oxygen atoms in total. The van der Waals surface area contributed by atoms with Crippen molar-refractivity contribution >= 4 is 11.6 Å². The Bertz CT molecular complexity index is 585. The van der Waals surface area contributed by atoms with Crippen molar-refractivity contribution < 1.29 is 4.39 Å². The lowest BCUT2D eigenvalue weighted by Crippen LogP contribution is -2.05. The predicted molar refractivity (Wildman–Crippen MR) is 79.1 cm³/mol. The van der Waals surface area contributed by atoms with Crippen molar-refractivity contribution in [3.63, 3.8) is 0 Å². The van der Waals surface area contributed by atoms with Crippen LogP contribution in [-0.4, -0.2) is 7.05 Å². The van der Waals surface area contributed by atoms with Crippen LogP contribution in [0.15, 0.2) is 30.3 Å². The van der Waals surface area contributed by atoms with Crippen LogP contribution < -0.4 is 5.32 Å². The Morgan fingerprint density at radius 1 is 1.16 bits per heavy atom. The lowest BCUT2D eigenvalue weighted by Gasteiger charge is -2.12. The molecule has 0 aromatic heterocycles. The van der Waals surface area contributed by atoms with Crippen LogP contribution in [-0.2, 0) is 6.54 Å². The van der Waals surface area contributed by atoms with Gasteiger partial charge in [-0.25, -0.2) is 4.39 Å². The Hall–Kier alpha value is -1.38. The molecule has 0 aliphatic carbocycles. The first-order chi connectivity index (χ1) is 9.02. The molecule has 0 saturated heterocycles. The molecule has 0 radical (unpaired) electrons. The van der Waals surface area contributed by atoms with Crippen LogP contribution in [0.1, 0.15) is 16.7 Å². The lowest BCUT2D eigenvalue weighted by molar-refractivity contribution is 0.629. The Morgan fingerprint density at radius 3 is 2.53 bits per heavy atom. The summed E-state index contributed by atoms with van der Waals surface area (Å²) in [5, 5.41) is 3.76. The van der Waals surface area contributed by atoms with Gasteiger partial charge in [0.15, 0.2) is 0 Å². The van der Waals surface area contributed by atoms with Crippen LogP contribution in [0.2, 0.25) is 5.02 Å². The third-order valence-corrected chi connectivity index (χ3v) is 3.50. The maximum absolute atomic E-state index is 14.2. The monoisotopic (exact) mass is 277 g/mol. The summed E-state index contributed by atoms with van der Waals surface area (Å²) in [6, 6.07) is 9.18. The summed E-state index contributed by atoms with van der Waals surface area (Å²) in [5.74, 6) is -0.185. The smallest absolute Gasteiger partial charge is 0.131 e. The second-order valence-electron chi connectivity index (χ2n) is 4.78. The number of hydrogen-bond acceptors (Lipinski definition) is 1. The van der Waals surface area contributed by atoms with Gasteiger partial charge in [0.2, 0.25) is 0 Å². The molecule has 100 valence electrons. The van der Waals surface area contributed by atoms with E-state index in [0.29, 0.717) is 17.1 Å². The fourth-order valence-corrected chi connectivity index (χ4v) is 2.52. The van der Waals surface area contributed by atoms with Gasteiger partial charge >= 0.3 is 0 Å². The van der Waals surface area contributed by atoms with Gasteiger partial charge in [-0.3, -0.25) is 0 Å². The van der Waals surface area contributed by atoms with E-state index in [4.69, 9.17) is 11.6 Å². The van der Waals surface area contributed by atoms with E-state index in [-0.39, 0.29) is 5.82 Å². The maximum atomic E-state index is 14.2. The highest BCUT2D eigenvalue weighted by atomic mass is 35.5. The molecule has 0 amide bonds. The first-order valence-corrected chi connectivity index (χ1v) is 6.61. The van der Waals surface area contributed by atoms with E-state index in [1.165, 1.54) is 0 Å². The van der Waals surface area contributed by atoms with Gasteiger partial charge < -0.3 is 5.32 Å². The zero-order chi connectivity index (χ0) is 14.0. The second-order valence-corrected chi connectivity index (χ2v) is 5.18. The van der Waals surface area contributed by atoms with Crippen LogP contribution in [0.5, 0.6) is 0 Å². The molecule has 0 aliphatic rings. The number of aryl methyl sites for hydroxylation is 2. The van der Waals surface area contributed by atoms with Crippen molar-refractivity contribution in [2.75, 3.05) is 7.05 Å². The standard InChI is InChI=1S/C16H17ClFN/c1-10-6-11(2)16(15(18)7-10)12-4-5-14(17)13(8-12)9-19-3/h4-8,19H,9H2,1-3H3. The maximum Gasteiger partial charge on any atom is 0.131 e. The van der Waals surface area contributed by atoms with Crippen molar-refractivity contribution in [3.8, 4) is 11.1 Å². The fraction of sp³-hybridized carbons (Fsp3) is 0.250. The summed E-state index contributed by atoms with van der Waals surface area (Å²) in [4.78, 5) is 0. The van der Waals surface area contributed by atoms with E-state index in [2.05, 4.69) is 5.32 Å². The van der Waals surface area contributed by atoms with Gasteiger partial charge in [0.25, 0.3) is 0 Å². The van der Waals surface area contributed by atoms with E-state index in [1.807, 2.05) is 45.2 Å². The molecule has 0 aliphatic heterocycles. The molecular weight excluding hydrogens is 261 g/mol. The second kappa shape index (κ2) is 5.72. The van der Waals surface area contributed by atoms with Crippen molar-refractivity contribution in [1.29, 1.82) is 0 Å². The Labute approximate surface area is 118 Å². The molecule has 0 unspecified atom stereocenters. The molecule has 0 heterocycles. The van der Waals surface area contributed by atoms with Crippen molar-refractivity contribution in [3.05, 3.63) is 57.9 Å². The minimum Gasteiger partial charge on any atom is -0.316 e. The summed E-state index contributed by atoms with van der Waals surface area (Å²) in [6.45, 7) is 4.49. The summed E-state index contributed by atoms with van der Waals surface area (Å²) in [7, 11) is 1.86. The molecule has 2 aromatic rings. The largest absolute Gasteiger partial charge is 0.316 e. The van der Waals surface area contributed by atoms with Gasteiger partial charge in [0.05, 0.1) is 0 Å². The van der Waals surface area contributed by atoms with E-state index >= 15 is 0 Å². The highest BCUT2D eigenvalue weighted by Crippen LogP contribution is 2.30. The van der Waals surface area contributed by atoms with Gasteiger partial charge in [0, 0.05) is 17.1 Å². The minimum atomic E-state index is -0.185. The highest BCUT2D eigenvalue weighted by Gasteiger charge is 2.11. The summed E-state index contributed by atoms with van der Waals surface area (Å²) >= 11 is 6.13. The molecule has 2 aromatic carbocycles. The summed E-state index contributed by atoms with van der Waals surface area (Å²) < 4.78 is 14.2. The van der Waals surface area contributed by atoms with Crippen molar-refractivity contribution in [2.45, 2.75) is 20.4 Å². The lowest BCUT2D eigenvalue weighted by atomic mass is 9.96. The average molecular weight is 278 g/mol. The van der Waals surface area contributed by atoms with E-state index in [0.717, 1.165) is 22.3 Å². The Morgan fingerprint density at radius 2 is 1.89 bits per heavy atom.